The number of likely N-dealkylation sites (tertiary alicyclic amines) is 1. The van der Waals surface area contributed by atoms with Crippen LogP contribution in [0.2, 0.25) is 0 Å². The van der Waals surface area contributed by atoms with Crippen LogP contribution >= 0.6 is 11.3 Å². The third-order valence-corrected chi connectivity index (χ3v) is 5.12. The van der Waals surface area contributed by atoms with Gasteiger partial charge in [0.1, 0.15) is 6.04 Å². The summed E-state index contributed by atoms with van der Waals surface area (Å²) >= 11 is 1.42. The highest BCUT2D eigenvalue weighted by atomic mass is 32.1. The van der Waals surface area contributed by atoms with E-state index in [4.69, 9.17) is 0 Å². The Hall–Kier alpha value is -2.14. The normalized spacial score (nSPS) is 17.3. The molecule has 1 aromatic carbocycles. The van der Waals surface area contributed by atoms with Gasteiger partial charge in [-0.3, -0.25) is 9.59 Å². The number of benzene rings is 1. The van der Waals surface area contributed by atoms with Crippen molar-refractivity contribution in [2.75, 3.05) is 6.54 Å². The Kier molecular flexibility index (Phi) is 4.76. The molecule has 1 atom stereocenters. The summed E-state index contributed by atoms with van der Waals surface area (Å²) in [4.78, 5) is 27.4. The molecule has 1 saturated heterocycles. The fourth-order valence-corrected chi connectivity index (χ4v) is 3.61. The number of amides is 2. The van der Waals surface area contributed by atoms with Gasteiger partial charge in [0.05, 0.1) is 4.88 Å². The topological polar surface area (TPSA) is 49.4 Å². The van der Waals surface area contributed by atoms with Crippen LogP contribution in [0, 0.1) is 6.92 Å². The van der Waals surface area contributed by atoms with Crippen molar-refractivity contribution in [3.63, 3.8) is 0 Å². The minimum atomic E-state index is -0.353. The average Bonchev–Trinajstić information content (AvgIpc) is 3.24. The Bertz CT molecular complexity index is 697. The van der Waals surface area contributed by atoms with Crippen LogP contribution in [0.5, 0.6) is 0 Å². The molecule has 0 saturated carbocycles. The molecular formula is C18H20N2O2S. The fraction of sp³-hybridized carbons (Fsp3) is 0.333. The lowest BCUT2D eigenvalue weighted by atomic mass is 10.1. The monoisotopic (exact) mass is 328 g/mol. The summed E-state index contributed by atoms with van der Waals surface area (Å²) in [6.07, 6.45) is 1.61. The van der Waals surface area contributed by atoms with Crippen molar-refractivity contribution in [2.45, 2.75) is 32.4 Å². The molecule has 0 spiro atoms. The van der Waals surface area contributed by atoms with E-state index in [2.05, 4.69) is 5.32 Å². The molecule has 2 heterocycles. The zero-order chi connectivity index (χ0) is 16.2. The molecule has 1 aromatic heterocycles. The lowest BCUT2D eigenvalue weighted by Gasteiger charge is -2.23. The number of rotatable bonds is 4. The number of nitrogens with one attached hydrogen (secondary N) is 1. The molecule has 0 bridgehead atoms. The summed E-state index contributed by atoms with van der Waals surface area (Å²) in [7, 11) is 0. The number of nitrogens with zero attached hydrogens (tertiary/aromatic N) is 1. The highest BCUT2D eigenvalue weighted by Gasteiger charge is 2.34. The Morgan fingerprint density at radius 2 is 2.09 bits per heavy atom. The Morgan fingerprint density at radius 1 is 1.26 bits per heavy atom. The van der Waals surface area contributed by atoms with Gasteiger partial charge < -0.3 is 10.2 Å². The molecule has 0 radical (unpaired) electrons. The van der Waals surface area contributed by atoms with E-state index in [0.717, 1.165) is 24.0 Å². The van der Waals surface area contributed by atoms with Crippen LogP contribution in [0.1, 0.15) is 33.6 Å². The quantitative estimate of drug-likeness (QED) is 0.938. The lowest BCUT2D eigenvalue weighted by Crippen LogP contribution is -2.45. The van der Waals surface area contributed by atoms with Gasteiger partial charge in [-0.25, -0.2) is 0 Å². The van der Waals surface area contributed by atoms with Gasteiger partial charge in [0.15, 0.2) is 0 Å². The van der Waals surface area contributed by atoms with Gasteiger partial charge >= 0.3 is 0 Å². The molecule has 0 aliphatic carbocycles. The van der Waals surface area contributed by atoms with Crippen molar-refractivity contribution in [1.29, 1.82) is 0 Å². The molecule has 2 aromatic rings. The lowest BCUT2D eigenvalue weighted by molar-refractivity contribution is -0.125. The van der Waals surface area contributed by atoms with Crippen LogP contribution in [0.3, 0.4) is 0 Å². The van der Waals surface area contributed by atoms with Crippen molar-refractivity contribution in [3.05, 3.63) is 57.8 Å². The second-order valence-electron chi connectivity index (χ2n) is 5.78. The summed E-state index contributed by atoms with van der Waals surface area (Å²) < 4.78 is 0. The first-order chi connectivity index (χ1) is 11.2. The Labute approximate surface area is 140 Å². The van der Waals surface area contributed by atoms with Crippen molar-refractivity contribution in [3.8, 4) is 0 Å². The smallest absolute Gasteiger partial charge is 0.264 e. The Morgan fingerprint density at radius 3 is 2.83 bits per heavy atom. The second kappa shape index (κ2) is 6.96. The van der Waals surface area contributed by atoms with E-state index in [-0.39, 0.29) is 17.9 Å². The maximum Gasteiger partial charge on any atom is 0.264 e. The summed E-state index contributed by atoms with van der Waals surface area (Å²) in [5.74, 6) is -0.0933. The van der Waals surface area contributed by atoms with Crippen LogP contribution < -0.4 is 5.32 Å². The van der Waals surface area contributed by atoms with Gasteiger partial charge in [0.25, 0.3) is 5.91 Å². The van der Waals surface area contributed by atoms with E-state index >= 15 is 0 Å². The molecule has 1 fully saturated rings. The number of carbonyl (C=O) groups excluding carboxylic acids is 2. The molecule has 3 rings (SSSR count). The van der Waals surface area contributed by atoms with Crippen molar-refractivity contribution in [2.24, 2.45) is 0 Å². The van der Waals surface area contributed by atoms with E-state index in [1.807, 2.05) is 48.7 Å². The zero-order valence-electron chi connectivity index (χ0n) is 13.1. The predicted octanol–water partition coefficient (Wildman–Crippen LogP) is 2.98. The number of hydrogen-bond donors (Lipinski definition) is 1. The molecule has 1 unspecified atom stereocenters. The molecule has 1 aliphatic heterocycles. The van der Waals surface area contributed by atoms with Crippen LogP contribution in [0.4, 0.5) is 0 Å². The van der Waals surface area contributed by atoms with E-state index in [9.17, 15) is 9.59 Å². The maximum atomic E-state index is 12.5. The minimum Gasteiger partial charge on any atom is -0.350 e. The SMILES string of the molecule is Cc1ccccc1CNC(=O)C1CCCN1C(=O)c1cccs1. The molecule has 120 valence electrons. The third-order valence-electron chi connectivity index (χ3n) is 4.26. The van der Waals surface area contributed by atoms with Crippen molar-refractivity contribution in [1.82, 2.24) is 10.2 Å². The van der Waals surface area contributed by atoms with E-state index < -0.39 is 0 Å². The summed E-state index contributed by atoms with van der Waals surface area (Å²) in [5, 5.41) is 4.87. The average molecular weight is 328 g/mol. The third kappa shape index (κ3) is 3.45. The van der Waals surface area contributed by atoms with Crippen LogP contribution in [-0.2, 0) is 11.3 Å². The largest absolute Gasteiger partial charge is 0.350 e. The summed E-state index contributed by atoms with van der Waals surface area (Å²) in [5.41, 5.74) is 2.26. The number of carbonyl (C=O) groups is 2. The summed E-state index contributed by atoms with van der Waals surface area (Å²) in [6, 6.07) is 11.3. The number of hydrogen-bond acceptors (Lipinski definition) is 3. The predicted molar refractivity (Wildman–Crippen MR) is 91.4 cm³/mol. The van der Waals surface area contributed by atoms with Crippen LogP contribution in [0.15, 0.2) is 41.8 Å². The first kappa shape index (κ1) is 15.7. The maximum absolute atomic E-state index is 12.5. The van der Waals surface area contributed by atoms with Gasteiger partial charge in [-0.1, -0.05) is 30.3 Å². The highest BCUT2D eigenvalue weighted by Crippen LogP contribution is 2.22. The molecule has 1 aliphatic rings. The van der Waals surface area contributed by atoms with Gasteiger partial charge in [0.2, 0.25) is 5.91 Å². The molecule has 5 heteroatoms. The molecule has 1 N–H and O–H groups in total. The van der Waals surface area contributed by atoms with Crippen molar-refractivity contribution >= 4 is 23.2 Å². The number of thiophene rings is 1. The highest BCUT2D eigenvalue weighted by molar-refractivity contribution is 7.12. The van der Waals surface area contributed by atoms with Gasteiger partial charge in [-0.05, 0) is 42.3 Å². The number of aryl methyl sites for hydroxylation is 1. The van der Waals surface area contributed by atoms with E-state index in [1.165, 1.54) is 11.3 Å². The minimum absolute atomic E-state index is 0.0338. The van der Waals surface area contributed by atoms with Crippen molar-refractivity contribution < 1.29 is 9.59 Å². The molecular weight excluding hydrogens is 308 g/mol. The Balaban J connectivity index is 1.64. The second-order valence-corrected chi connectivity index (χ2v) is 6.73. The molecule has 4 nitrogen and oxygen atoms in total. The van der Waals surface area contributed by atoms with Gasteiger partial charge in [-0.15, -0.1) is 11.3 Å². The van der Waals surface area contributed by atoms with Crippen LogP contribution in [-0.4, -0.2) is 29.3 Å². The molecule has 23 heavy (non-hydrogen) atoms. The first-order valence-electron chi connectivity index (χ1n) is 7.83. The summed E-state index contributed by atoms with van der Waals surface area (Å²) in [6.45, 7) is 3.19. The van der Waals surface area contributed by atoms with E-state index in [1.54, 1.807) is 4.90 Å². The standard InChI is InChI=1S/C18H20N2O2S/c1-13-6-2-3-7-14(13)12-19-17(21)15-8-4-10-20(15)18(22)16-9-5-11-23-16/h2-3,5-7,9,11,15H,4,8,10,12H2,1H3,(H,19,21). The van der Waals surface area contributed by atoms with E-state index in [0.29, 0.717) is 18.0 Å². The van der Waals surface area contributed by atoms with Crippen LogP contribution in [0.25, 0.3) is 0 Å². The fourth-order valence-electron chi connectivity index (χ4n) is 2.93. The zero-order valence-corrected chi connectivity index (χ0v) is 13.9. The van der Waals surface area contributed by atoms with Gasteiger partial charge in [0, 0.05) is 13.1 Å². The molecule has 2 amide bonds. The van der Waals surface area contributed by atoms with Gasteiger partial charge in [-0.2, -0.15) is 0 Å². The first-order valence-corrected chi connectivity index (χ1v) is 8.71.